The molecule has 3 N–H and O–H groups in total. The van der Waals surface area contributed by atoms with Gasteiger partial charge in [-0.05, 0) is 41.0 Å². The van der Waals surface area contributed by atoms with Crippen molar-refractivity contribution in [3.63, 3.8) is 0 Å². The number of hydrogen-bond acceptors (Lipinski definition) is 5. The fourth-order valence-corrected chi connectivity index (χ4v) is 5.00. The van der Waals surface area contributed by atoms with Crippen molar-refractivity contribution in [3.05, 3.63) is 137 Å². The van der Waals surface area contributed by atoms with E-state index in [1.807, 2.05) is 83.1 Å². The lowest BCUT2D eigenvalue weighted by atomic mass is 10.1. The Kier molecular flexibility index (Phi) is 7.87. The molecule has 38 heavy (non-hydrogen) atoms. The minimum absolute atomic E-state index is 0.159. The maximum absolute atomic E-state index is 14.9. The number of aromatic nitrogens is 1. The highest BCUT2D eigenvalue weighted by Crippen LogP contribution is 2.34. The van der Waals surface area contributed by atoms with Crippen LogP contribution < -0.4 is 16.0 Å². The van der Waals surface area contributed by atoms with Crippen LogP contribution in [0.4, 0.5) is 15.2 Å². The second-order valence-electron chi connectivity index (χ2n) is 8.82. The van der Waals surface area contributed by atoms with Gasteiger partial charge in [-0.1, -0.05) is 78.9 Å². The summed E-state index contributed by atoms with van der Waals surface area (Å²) in [6, 6.07) is 31.8. The van der Waals surface area contributed by atoms with E-state index in [2.05, 4.69) is 5.32 Å². The molecule has 0 bridgehead atoms. The Hall–Kier alpha value is -4.33. The molecule has 1 aromatic heterocycles. The van der Waals surface area contributed by atoms with Crippen LogP contribution in [0.15, 0.2) is 109 Å². The SMILES string of the molecule is NCc1cccc(CNC(=O)c2ccc(CN(c3nc(-c4ccccc4)cs3)c3ccccc3F)cc2)c1. The molecule has 4 aromatic carbocycles. The van der Waals surface area contributed by atoms with E-state index in [-0.39, 0.29) is 11.7 Å². The van der Waals surface area contributed by atoms with Crippen molar-refractivity contribution in [2.75, 3.05) is 4.90 Å². The zero-order chi connectivity index (χ0) is 26.3. The average Bonchev–Trinajstić information content (AvgIpc) is 3.46. The highest BCUT2D eigenvalue weighted by Gasteiger charge is 2.18. The van der Waals surface area contributed by atoms with E-state index in [1.165, 1.54) is 17.4 Å². The highest BCUT2D eigenvalue weighted by molar-refractivity contribution is 7.14. The molecule has 5 rings (SSSR count). The molecule has 5 aromatic rings. The zero-order valence-corrected chi connectivity index (χ0v) is 21.5. The molecule has 0 aliphatic carbocycles. The number of nitrogens with two attached hydrogens (primary N) is 1. The van der Waals surface area contributed by atoms with Gasteiger partial charge >= 0.3 is 0 Å². The number of carbonyl (C=O) groups is 1. The van der Waals surface area contributed by atoms with E-state index in [9.17, 15) is 9.18 Å². The molecule has 0 aliphatic heterocycles. The van der Waals surface area contributed by atoms with Gasteiger partial charge in [0, 0.05) is 29.6 Å². The minimum atomic E-state index is -0.321. The highest BCUT2D eigenvalue weighted by atomic mass is 32.1. The second-order valence-corrected chi connectivity index (χ2v) is 9.66. The lowest BCUT2D eigenvalue weighted by Crippen LogP contribution is -2.23. The Morgan fingerprint density at radius 2 is 1.61 bits per heavy atom. The molecule has 0 unspecified atom stereocenters. The Morgan fingerprint density at radius 1 is 0.868 bits per heavy atom. The van der Waals surface area contributed by atoms with E-state index in [0.717, 1.165) is 27.9 Å². The van der Waals surface area contributed by atoms with Gasteiger partial charge in [0.05, 0.1) is 17.9 Å². The number of anilines is 2. The van der Waals surface area contributed by atoms with Gasteiger partial charge < -0.3 is 16.0 Å². The van der Waals surface area contributed by atoms with E-state index in [1.54, 1.807) is 24.3 Å². The van der Waals surface area contributed by atoms with Crippen LogP contribution in [0.5, 0.6) is 0 Å². The molecule has 0 atom stereocenters. The van der Waals surface area contributed by atoms with Crippen molar-refractivity contribution < 1.29 is 9.18 Å². The lowest BCUT2D eigenvalue weighted by molar-refractivity contribution is 0.0951. The number of rotatable bonds is 9. The summed E-state index contributed by atoms with van der Waals surface area (Å²) in [5.41, 5.74) is 11.5. The number of amides is 1. The topological polar surface area (TPSA) is 71.2 Å². The van der Waals surface area contributed by atoms with Crippen LogP contribution in [0.25, 0.3) is 11.3 Å². The Bertz CT molecular complexity index is 1520. The molecule has 0 radical (unpaired) electrons. The molecule has 0 saturated heterocycles. The monoisotopic (exact) mass is 522 g/mol. The Morgan fingerprint density at radius 3 is 2.37 bits per heavy atom. The Balaban J connectivity index is 1.33. The number of nitrogens with zero attached hydrogens (tertiary/aromatic N) is 2. The lowest BCUT2D eigenvalue weighted by Gasteiger charge is -2.23. The van der Waals surface area contributed by atoms with Crippen LogP contribution in [0.2, 0.25) is 0 Å². The van der Waals surface area contributed by atoms with Crippen LogP contribution in [0.3, 0.4) is 0 Å². The first-order valence-electron chi connectivity index (χ1n) is 12.3. The van der Waals surface area contributed by atoms with Crippen LogP contribution in [0, 0.1) is 5.82 Å². The zero-order valence-electron chi connectivity index (χ0n) is 20.7. The summed E-state index contributed by atoms with van der Waals surface area (Å²) in [6.07, 6.45) is 0. The summed E-state index contributed by atoms with van der Waals surface area (Å²) in [7, 11) is 0. The summed E-state index contributed by atoms with van der Waals surface area (Å²) in [6.45, 7) is 1.28. The molecule has 7 heteroatoms. The first-order chi connectivity index (χ1) is 18.6. The predicted molar refractivity (Wildman–Crippen MR) is 152 cm³/mol. The number of thiazole rings is 1. The molecule has 0 spiro atoms. The van der Waals surface area contributed by atoms with E-state index < -0.39 is 0 Å². The van der Waals surface area contributed by atoms with Gasteiger partial charge in [0.1, 0.15) is 5.82 Å². The fourth-order valence-electron chi connectivity index (χ4n) is 4.15. The van der Waals surface area contributed by atoms with Gasteiger partial charge in [0.15, 0.2) is 5.13 Å². The normalized spacial score (nSPS) is 10.8. The van der Waals surface area contributed by atoms with Crippen molar-refractivity contribution >= 4 is 28.1 Å². The molecule has 0 saturated carbocycles. The van der Waals surface area contributed by atoms with Crippen molar-refractivity contribution in [2.45, 2.75) is 19.6 Å². The molecular weight excluding hydrogens is 495 g/mol. The number of carbonyl (C=O) groups excluding carboxylic acids is 1. The summed E-state index contributed by atoms with van der Waals surface area (Å²) < 4.78 is 14.9. The standard InChI is InChI=1S/C31H27FN4OS/c32-27-11-4-5-12-29(27)36(31-35-28(21-38-31)25-9-2-1-3-10-25)20-22-13-15-26(16-14-22)30(37)34-19-24-8-6-7-23(17-24)18-33/h1-17,21H,18-20,33H2,(H,34,37). The third-order valence-electron chi connectivity index (χ3n) is 6.17. The van der Waals surface area contributed by atoms with Gasteiger partial charge in [-0.3, -0.25) is 4.79 Å². The third-order valence-corrected chi connectivity index (χ3v) is 7.04. The van der Waals surface area contributed by atoms with Crippen molar-refractivity contribution in [1.82, 2.24) is 10.3 Å². The minimum Gasteiger partial charge on any atom is -0.348 e. The largest absolute Gasteiger partial charge is 0.348 e. The molecule has 0 fully saturated rings. The van der Waals surface area contributed by atoms with Crippen molar-refractivity contribution in [2.24, 2.45) is 5.73 Å². The smallest absolute Gasteiger partial charge is 0.251 e. The van der Waals surface area contributed by atoms with Gasteiger partial charge in [0.25, 0.3) is 5.91 Å². The number of halogens is 1. The molecule has 0 aliphatic rings. The summed E-state index contributed by atoms with van der Waals surface area (Å²) in [4.78, 5) is 19.4. The average molecular weight is 523 g/mol. The molecule has 1 amide bonds. The van der Waals surface area contributed by atoms with Crippen LogP contribution >= 0.6 is 11.3 Å². The summed E-state index contributed by atoms with van der Waals surface area (Å²) in [5, 5.41) is 5.63. The van der Waals surface area contributed by atoms with Crippen LogP contribution in [-0.2, 0) is 19.6 Å². The molecular formula is C31H27FN4OS. The van der Waals surface area contributed by atoms with Gasteiger partial charge in [-0.25, -0.2) is 9.37 Å². The van der Waals surface area contributed by atoms with Gasteiger partial charge in [0.2, 0.25) is 0 Å². The second kappa shape index (κ2) is 11.8. The van der Waals surface area contributed by atoms with E-state index in [0.29, 0.717) is 36.0 Å². The van der Waals surface area contributed by atoms with Crippen molar-refractivity contribution in [1.29, 1.82) is 0 Å². The Labute approximate surface area is 225 Å². The van der Waals surface area contributed by atoms with Gasteiger partial charge in [-0.15, -0.1) is 11.3 Å². The molecule has 190 valence electrons. The van der Waals surface area contributed by atoms with Crippen molar-refractivity contribution in [3.8, 4) is 11.3 Å². The van der Waals surface area contributed by atoms with Gasteiger partial charge in [-0.2, -0.15) is 0 Å². The number of nitrogens with one attached hydrogen (secondary N) is 1. The maximum Gasteiger partial charge on any atom is 0.251 e. The first-order valence-corrected chi connectivity index (χ1v) is 13.2. The quantitative estimate of drug-likeness (QED) is 0.227. The molecule has 1 heterocycles. The van der Waals surface area contributed by atoms with E-state index >= 15 is 0 Å². The predicted octanol–water partition coefficient (Wildman–Crippen LogP) is 6.68. The third kappa shape index (κ3) is 5.96. The fraction of sp³-hybridized carbons (Fsp3) is 0.0968. The van der Waals surface area contributed by atoms with Crippen LogP contribution in [0.1, 0.15) is 27.0 Å². The first kappa shape index (κ1) is 25.3. The number of para-hydroxylation sites is 1. The molecule has 5 nitrogen and oxygen atoms in total. The summed E-state index contributed by atoms with van der Waals surface area (Å²) >= 11 is 1.47. The maximum atomic E-state index is 14.9. The number of benzene rings is 4. The number of hydrogen-bond donors (Lipinski definition) is 2. The summed E-state index contributed by atoms with van der Waals surface area (Å²) in [5.74, 6) is -0.480. The van der Waals surface area contributed by atoms with E-state index in [4.69, 9.17) is 10.7 Å². The van der Waals surface area contributed by atoms with Crippen LogP contribution in [-0.4, -0.2) is 10.9 Å².